The van der Waals surface area contributed by atoms with Crippen molar-refractivity contribution in [2.45, 2.75) is 50.4 Å². The second kappa shape index (κ2) is 6.85. The van der Waals surface area contributed by atoms with Crippen molar-refractivity contribution >= 4 is 23.5 Å². The molecular formula is C13H22OS2. The molecule has 0 amide bonds. The van der Waals surface area contributed by atoms with Crippen molar-refractivity contribution in [1.29, 1.82) is 0 Å². The van der Waals surface area contributed by atoms with Gasteiger partial charge in [-0.2, -0.15) is 23.5 Å². The van der Waals surface area contributed by atoms with Gasteiger partial charge < -0.3 is 4.74 Å². The number of hydrogen-bond acceptors (Lipinski definition) is 3. The van der Waals surface area contributed by atoms with Gasteiger partial charge in [-0.1, -0.05) is 6.42 Å². The molecule has 1 nitrogen and oxygen atoms in total. The molecule has 0 bridgehead atoms. The van der Waals surface area contributed by atoms with Crippen LogP contribution >= 0.6 is 23.5 Å². The smallest absolute Gasteiger partial charge is 0.108 e. The fraction of sp³-hybridized carbons (Fsp3) is 0.846. The molecule has 2 fully saturated rings. The summed E-state index contributed by atoms with van der Waals surface area (Å²) in [5.74, 6) is 3.86. The molecule has 92 valence electrons. The number of rotatable bonds is 3. The lowest BCUT2D eigenvalue weighted by Crippen LogP contribution is -2.27. The second-order valence-electron chi connectivity index (χ2n) is 4.66. The Hall–Kier alpha value is 0.240. The highest BCUT2D eigenvalue weighted by Gasteiger charge is 2.21. The van der Waals surface area contributed by atoms with Gasteiger partial charge in [-0.3, -0.25) is 0 Å². The normalized spacial score (nSPS) is 28.6. The van der Waals surface area contributed by atoms with Gasteiger partial charge in [-0.25, -0.2) is 0 Å². The van der Waals surface area contributed by atoms with Gasteiger partial charge in [0.05, 0.1) is 11.5 Å². The summed E-state index contributed by atoms with van der Waals surface area (Å²) in [6, 6.07) is 0. The average Bonchev–Trinajstić information content (AvgIpc) is 2.38. The maximum Gasteiger partial charge on any atom is 0.108 e. The summed E-state index contributed by atoms with van der Waals surface area (Å²) < 4.78 is 5.92. The van der Waals surface area contributed by atoms with Crippen molar-refractivity contribution in [2.75, 3.05) is 17.3 Å². The van der Waals surface area contributed by atoms with Crippen LogP contribution < -0.4 is 0 Å². The van der Waals surface area contributed by atoms with Gasteiger partial charge in [0.2, 0.25) is 0 Å². The Morgan fingerprint density at radius 3 is 2.75 bits per heavy atom. The van der Waals surface area contributed by atoms with E-state index in [0.717, 1.165) is 0 Å². The highest BCUT2D eigenvalue weighted by molar-refractivity contribution is 8.06. The monoisotopic (exact) mass is 258 g/mol. The second-order valence-corrected chi connectivity index (χ2v) is 7.16. The Balaban J connectivity index is 1.74. The van der Waals surface area contributed by atoms with E-state index in [2.05, 4.69) is 36.7 Å². The zero-order valence-corrected chi connectivity index (χ0v) is 11.7. The molecule has 16 heavy (non-hydrogen) atoms. The Kier molecular flexibility index (Phi) is 5.43. The zero-order chi connectivity index (χ0) is 11.2. The molecule has 0 aromatic heterocycles. The van der Waals surface area contributed by atoms with Crippen LogP contribution in [0.25, 0.3) is 0 Å². The summed E-state index contributed by atoms with van der Waals surface area (Å²) in [6.07, 6.45) is 9.10. The summed E-state index contributed by atoms with van der Waals surface area (Å²) in [5, 5.41) is 0.694. The molecule has 2 unspecified atom stereocenters. The fourth-order valence-electron chi connectivity index (χ4n) is 2.19. The van der Waals surface area contributed by atoms with Crippen molar-refractivity contribution < 1.29 is 4.74 Å². The van der Waals surface area contributed by atoms with Gasteiger partial charge in [0, 0.05) is 17.3 Å². The third kappa shape index (κ3) is 3.92. The molecule has 2 aliphatic rings. The Bertz CT molecular complexity index is 226. The highest BCUT2D eigenvalue weighted by atomic mass is 32.2. The van der Waals surface area contributed by atoms with Gasteiger partial charge in [-0.15, -0.1) is 0 Å². The standard InChI is InChI=1S/C13H22OS2/c1-11(13-10-15-7-8-16-13)14-9-12-5-3-2-4-6-12/h9,11,13H,2-8,10H2,1H3. The third-order valence-electron chi connectivity index (χ3n) is 3.31. The van der Waals surface area contributed by atoms with Crippen molar-refractivity contribution in [3.8, 4) is 0 Å². The Morgan fingerprint density at radius 1 is 1.25 bits per heavy atom. The van der Waals surface area contributed by atoms with E-state index in [0.29, 0.717) is 11.4 Å². The number of thioether (sulfide) groups is 2. The largest absolute Gasteiger partial charge is 0.497 e. The molecule has 2 atom stereocenters. The molecule has 2 rings (SSSR count). The Labute approximate surface area is 108 Å². The quantitative estimate of drug-likeness (QED) is 0.706. The predicted octanol–water partition coefficient (Wildman–Crippen LogP) is 4.09. The summed E-state index contributed by atoms with van der Waals surface area (Å²) >= 11 is 4.15. The van der Waals surface area contributed by atoms with Crippen LogP contribution in [0.15, 0.2) is 11.8 Å². The van der Waals surface area contributed by atoms with Gasteiger partial charge in [0.15, 0.2) is 0 Å². The SMILES string of the molecule is CC(OC=C1CCCCC1)C1CSCCS1. The molecule has 1 saturated carbocycles. The van der Waals surface area contributed by atoms with Crippen LogP contribution in [0.3, 0.4) is 0 Å². The maximum absolute atomic E-state index is 5.92. The molecule has 0 aromatic rings. The molecule has 1 heterocycles. The summed E-state index contributed by atoms with van der Waals surface area (Å²) in [7, 11) is 0. The van der Waals surface area contributed by atoms with Crippen molar-refractivity contribution in [3.63, 3.8) is 0 Å². The molecule has 0 aromatic carbocycles. The van der Waals surface area contributed by atoms with Gasteiger partial charge in [0.1, 0.15) is 6.10 Å². The minimum Gasteiger partial charge on any atom is -0.497 e. The summed E-state index contributed by atoms with van der Waals surface area (Å²) in [5.41, 5.74) is 1.53. The molecule has 1 aliphatic carbocycles. The number of ether oxygens (including phenoxy) is 1. The van der Waals surface area contributed by atoms with Crippen LogP contribution in [-0.2, 0) is 4.74 Å². The fourth-order valence-corrected chi connectivity index (χ4v) is 5.03. The molecular weight excluding hydrogens is 236 g/mol. The zero-order valence-electron chi connectivity index (χ0n) is 10.1. The van der Waals surface area contributed by atoms with Crippen LogP contribution in [0.4, 0.5) is 0 Å². The lowest BCUT2D eigenvalue weighted by molar-refractivity contribution is 0.160. The van der Waals surface area contributed by atoms with Crippen molar-refractivity contribution in [2.24, 2.45) is 0 Å². The van der Waals surface area contributed by atoms with Gasteiger partial charge in [-0.05, 0) is 38.2 Å². The van der Waals surface area contributed by atoms with Crippen LogP contribution in [0.1, 0.15) is 39.0 Å². The first-order valence-corrected chi connectivity index (χ1v) is 8.59. The van der Waals surface area contributed by atoms with E-state index < -0.39 is 0 Å². The summed E-state index contributed by atoms with van der Waals surface area (Å²) in [6.45, 7) is 2.23. The first kappa shape index (κ1) is 12.7. The molecule has 1 aliphatic heterocycles. The minimum atomic E-state index is 0.382. The van der Waals surface area contributed by atoms with Crippen LogP contribution in [0.2, 0.25) is 0 Å². The lowest BCUT2D eigenvalue weighted by Gasteiger charge is -2.26. The van der Waals surface area contributed by atoms with E-state index in [-0.39, 0.29) is 0 Å². The maximum atomic E-state index is 5.92. The van der Waals surface area contributed by atoms with E-state index in [1.54, 1.807) is 0 Å². The molecule has 3 heteroatoms. The predicted molar refractivity (Wildman–Crippen MR) is 75.3 cm³/mol. The first-order valence-electron chi connectivity index (χ1n) is 6.39. The van der Waals surface area contributed by atoms with E-state index >= 15 is 0 Å². The van der Waals surface area contributed by atoms with Crippen LogP contribution in [-0.4, -0.2) is 28.6 Å². The van der Waals surface area contributed by atoms with E-state index in [1.807, 2.05) is 0 Å². The molecule has 0 spiro atoms. The van der Waals surface area contributed by atoms with Gasteiger partial charge >= 0.3 is 0 Å². The van der Waals surface area contributed by atoms with E-state index in [1.165, 1.54) is 54.9 Å². The van der Waals surface area contributed by atoms with Crippen LogP contribution in [0, 0.1) is 0 Å². The average molecular weight is 258 g/mol. The number of allylic oxidation sites excluding steroid dienone is 1. The first-order chi connectivity index (χ1) is 7.86. The lowest BCUT2D eigenvalue weighted by atomic mass is 9.96. The highest BCUT2D eigenvalue weighted by Crippen LogP contribution is 2.28. The Morgan fingerprint density at radius 2 is 2.06 bits per heavy atom. The van der Waals surface area contributed by atoms with Crippen molar-refractivity contribution in [3.05, 3.63) is 11.8 Å². The summed E-state index contributed by atoms with van der Waals surface area (Å²) in [4.78, 5) is 0. The van der Waals surface area contributed by atoms with Crippen LogP contribution in [0.5, 0.6) is 0 Å². The van der Waals surface area contributed by atoms with Crippen molar-refractivity contribution in [1.82, 2.24) is 0 Å². The molecule has 1 saturated heterocycles. The number of hydrogen-bond donors (Lipinski definition) is 0. The van der Waals surface area contributed by atoms with Gasteiger partial charge in [0.25, 0.3) is 0 Å². The molecule has 0 radical (unpaired) electrons. The third-order valence-corrected chi connectivity index (χ3v) is 6.29. The molecule has 0 N–H and O–H groups in total. The van der Waals surface area contributed by atoms with E-state index in [9.17, 15) is 0 Å². The minimum absolute atomic E-state index is 0.382. The van der Waals surface area contributed by atoms with E-state index in [4.69, 9.17) is 4.74 Å². The topological polar surface area (TPSA) is 9.23 Å².